The molecule has 1 aliphatic carbocycles. The van der Waals surface area contributed by atoms with Crippen LogP contribution in [0.4, 0.5) is 0 Å². The molecule has 0 bridgehead atoms. The number of rotatable bonds is 17. The van der Waals surface area contributed by atoms with Gasteiger partial charge in [-0.2, -0.15) is 0 Å². The molecule has 1 aromatic carbocycles. The minimum Gasteiger partial charge on any atom is -0.345 e. The van der Waals surface area contributed by atoms with Crippen molar-refractivity contribution in [3.63, 3.8) is 0 Å². The molecule has 3 nitrogen and oxygen atoms in total. The van der Waals surface area contributed by atoms with Crippen molar-refractivity contribution in [2.75, 3.05) is 0 Å². The molecular weight excluding hydrogens is 508 g/mol. The molecule has 0 aliphatic heterocycles. The SMILES string of the molecule is CCCCCCCCCCCCCC(=O)N(Cc1cccn1Cc1ccc(Br)cc1)C1CCCCC1. The third-order valence-corrected chi connectivity index (χ3v) is 8.38. The summed E-state index contributed by atoms with van der Waals surface area (Å²) in [6, 6.07) is 13.3. The molecule has 2 aromatic rings. The summed E-state index contributed by atoms with van der Waals surface area (Å²) in [5, 5.41) is 0. The highest BCUT2D eigenvalue weighted by Gasteiger charge is 2.26. The number of amides is 1. The smallest absolute Gasteiger partial charge is 0.223 e. The van der Waals surface area contributed by atoms with Gasteiger partial charge in [-0.3, -0.25) is 4.79 Å². The second-order valence-electron chi connectivity index (χ2n) is 10.9. The van der Waals surface area contributed by atoms with Crippen LogP contribution in [0.15, 0.2) is 47.1 Å². The number of hydrogen-bond acceptors (Lipinski definition) is 1. The van der Waals surface area contributed by atoms with Crippen LogP contribution in [-0.2, 0) is 17.9 Å². The van der Waals surface area contributed by atoms with Crippen LogP contribution in [0.5, 0.6) is 0 Å². The number of halogens is 1. The second kappa shape index (κ2) is 17.1. The molecular formula is C32H49BrN2O. The maximum absolute atomic E-state index is 13.4. The molecule has 1 amide bonds. The third-order valence-electron chi connectivity index (χ3n) is 7.85. The minimum absolute atomic E-state index is 0.370. The van der Waals surface area contributed by atoms with Gasteiger partial charge < -0.3 is 9.47 Å². The van der Waals surface area contributed by atoms with Crippen LogP contribution in [0.2, 0.25) is 0 Å². The highest BCUT2D eigenvalue weighted by atomic mass is 79.9. The van der Waals surface area contributed by atoms with E-state index in [4.69, 9.17) is 0 Å². The maximum Gasteiger partial charge on any atom is 0.223 e. The van der Waals surface area contributed by atoms with E-state index in [0.29, 0.717) is 18.4 Å². The van der Waals surface area contributed by atoms with Crippen molar-refractivity contribution >= 4 is 21.8 Å². The van der Waals surface area contributed by atoms with Crippen molar-refractivity contribution in [3.8, 4) is 0 Å². The van der Waals surface area contributed by atoms with Crippen molar-refractivity contribution in [1.29, 1.82) is 0 Å². The Morgan fingerprint density at radius 3 is 2.11 bits per heavy atom. The standard InChI is InChI=1S/C32H49BrN2O/c1-2-3-4-5-6-7-8-9-10-11-15-20-32(36)35(30-17-13-12-14-18-30)27-31-19-16-25-34(31)26-28-21-23-29(33)24-22-28/h16,19,21-25,30H,2-15,17-18,20,26-27H2,1H3. The molecule has 0 atom stereocenters. The number of carbonyl (C=O) groups is 1. The Labute approximate surface area is 229 Å². The predicted octanol–water partition coefficient (Wildman–Crippen LogP) is 9.66. The van der Waals surface area contributed by atoms with Crippen LogP contribution < -0.4 is 0 Å². The summed E-state index contributed by atoms with van der Waals surface area (Å²) in [6.07, 6.45) is 23.6. The van der Waals surface area contributed by atoms with E-state index in [1.165, 1.54) is 94.7 Å². The maximum atomic E-state index is 13.4. The lowest BCUT2D eigenvalue weighted by molar-refractivity contribution is -0.135. The lowest BCUT2D eigenvalue weighted by Crippen LogP contribution is -2.41. The molecule has 4 heteroatoms. The van der Waals surface area contributed by atoms with Gasteiger partial charge in [-0.15, -0.1) is 0 Å². The summed E-state index contributed by atoms with van der Waals surface area (Å²) in [5.41, 5.74) is 2.53. The van der Waals surface area contributed by atoms with Gasteiger partial charge in [0.1, 0.15) is 0 Å². The lowest BCUT2D eigenvalue weighted by atomic mass is 9.93. The molecule has 0 saturated heterocycles. The van der Waals surface area contributed by atoms with Gasteiger partial charge in [0.05, 0.1) is 6.54 Å². The Morgan fingerprint density at radius 1 is 0.861 bits per heavy atom. The van der Waals surface area contributed by atoms with Gasteiger partial charge in [0.15, 0.2) is 0 Å². The zero-order chi connectivity index (χ0) is 25.4. The van der Waals surface area contributed by atoms with Crippen LogP contribution in [-0.4, -0.2) is 21.4 Å². The first-order valence-electron chi connectivity index (χ1n) is 14.9. The summed E-state index contributed by atoms with van der Waals surface area (Å²) in [5.74, 6) is 0.370. The molecule has 3 rings (SSSR count). The quantitative estimate of drug-likeness (QED) is 0.178. The summed E-state index contributed by atoms with van der Waals surface area (Å²) >= 11 is 3.53. The summed E-state index contributed by atoms with van der Waals surface area (Å²) < 4.78 is 3.42. The number of unbranched alkanes of at least 4 members (excludes halogenated alkanes) is 10. The van der Waals surface area contributed by atoms with E-state index >= 15 is 0 Å². The fourth-order valence-electron chi connectivity index (χ4n) is 5.61. The van der Waals surface area contributed by atoms with E-state index in [2.05, 4.69) is 74.9 Å². The highest BCUT2D eigenvalue weighted by molar-refractivity contribution is 9.10. The first-order chi connectivity index (χ1) is 17.7. The van der Waals surface area contributed by atoms with Crippen molar-refractivity contribution in [2.24, 2.45) is 0 Å². The van der Waals surface area contributed by atoms with Crippen LogP contribution in [0, 0.1) is 0 Å². The van der Waals surface area contributed by atoms with Crippen LogP contribution in [0.3, 0.4) is 0 Å². The first-order valence-corrected chi connectivity index (χ1v) is 15.6. The topological polar surface area (TPSA) is 25.2 Å². The molecule has 0 spiro atoms. The Morgan fingerprint density at radius 2 is 1.47 bits per heavy atom. The monoisotopic (exact) mass is 556 g/mol. The van der Waals surface area contributed by atoms with Gasteiger partial charge in [0.25, 0.3) is 0 Å². The highest BCUT2D eigenvalue weighted by Crippen LogP contribution is 2.26. The van der Waals surface area contributed by atoms with E-state index in [1.807, 2.05) is 0 Å². The molecule has 0 N–H and O–H groups in total. The summed E-state index contributed by atoms with van der Waals surface area (Å²) in [7, 11) is 0. The molecule has 1 heterocycles. The average molecular weight is 558 g/mol. The molecule has 36 heavy (non-hydrogen) atoms. The Balaban J connectivity index is 1.45. The van der Waals surface area contributed by atoms with Gasteiger partial charge >= 0.3 is 0 Å². The van der Waals surface area contributed by atoms with E-state index in [-0.39, 0.29) is 0 Å². The van der Waals surface area contributed by atoms with Crippen molar-refractivity contribution in [1.82, 2.24) is 9.47 Å². The van der Waals surface area contributed by atoms with Crippen LogP contribution in [0.25, 0.3) is 0 Å². The zero-order valence-corrected chi connectivity index (χ0v) is 24.3. The average Bonchev–Trinajstić information content (AvgIpc) is 3.34. The number of benzene rings is 1. The predicted molar refractivity (Wildman–Crippen MR) is 156 cm³/mol. The third kappa shape index (κ3) is 10.4. The van der Waals surface area contributed by atoms with Crippen LogP contribution in [0.1, 0.15) is 127 Å². The summed E-state index contributed by atoms with van der Waals surface area (Å²) in [6.45, 7) is 3.87. The molecule has 0 radical (unpaired) electrons. The van der Waals surface area contributed by atoms with Crippen LogP contribution >= 0.6 is 15.9 Å². The van der Waals surface area contributed by atoms with Gasteiger partial charge in [-0.25, -0.2) is 0 Å². The number of hydrogen-bond donors (Lipinski definition) is 0. The minimum atomic E-state index is 0.370. The molecule has 1 fully saturated rings. The fourth-order valence-corrected chi connectivity index (χ4v) is 5.87. The van der Waals surface area contributed by atoms with E-state index in [1.54, 1.807) is 0 Å². The second-order valence-corrected chi connectivity index (χ2v) is 11.8. The van der Waals surface area contributed by atoms with E-state index in [0.717, 1.165) is 36.8 Å². The number of aromatic nitrogens is 1. The Kier molecular flexibility index (Phi) is 13.7. The largest absolute Gasteiger partial charge is 0.345 e. The van der Waals surface area contributed by atoms with Gasteiger partial charge in [0, 0.05) is 35.4 Å². The van der Waals surface area contributed by atoms with Crippen molar-refractivity contribution in [3.05, 3.63) is 58.3 Å². The molecule has 1 aromatic heterocycles. The normalized spacial score (nSPS) is 14.3. The van der Waals surface area contributed by atoms with Crippen molar-refractivity contribution < 1.29 is 4.79 Å². The molecule has 200 valence electrons. The van der Waals surface area contributed by atoms with Gasteiger partial charge in [-0.05, 0) is 49.1 Å². The molecule has 0 unspecified atom stereocenters. The molecule has 1 saturated carbocycles. The van der Waals surface area contributed by atoms with E-state index < -0.39 is 0 Å². The fraction of sp³-hybridized carbons (Fsp3) is 0.656. The molecule has 1 aliphatic rings. The summed E-state index contributed by atoms with van der Waals surface area (Å²) in [4.78, 5) is 15.7. The van der Waals surface area contributed by atoms with E-state index in [9.17, 15) is 4.79 Å². The Bertz CT molecular complexity index is 853. The Hall–Kier alpha value is -1.55. The number of nitrogens with zero attached hydrogens (tertiary/aromatic N) is 2. The lowest BCUT2D eigenvalue weighted by Gasteiger charge is -2.35. The first kappa shape index (κ1) is 29.0. The zero-order valence-electron chi connectivity index (χ0n) is 22.7. The van der Waals surface area contributed by atoms with Crippen molar-refractivity contribution in [2.45, 2.75) is 135 Å². The van der Waals surface area contributed by atoms with Gasteiger partial charge in [-0.1, -0.05) is 118 Å². The number of carbonyl (C=O) groups excluding carboxylic acids is 1. The van der Waals surface area contributed by atoms with Gasteiger partial charge in [0.2, 0.25) is 5.91 Å².